The van der Waals surface area contributed by atoms with Gasteiger partial charge in [-0.05, 0) is 55.8 Å². The van der Waals surface area contributed by atoms with Crippen LogP contribution in [0.1, 0.15) is 19.4 Å². The summed E-state index contributed by atoms with van der Waals surface area (Å²) in [6.07, 6.45) is 3.45. The second-order valence-corrected chi connectivity index (χ2v) is 8.04. The van der Waals surface area contributed by atoms with Crippen LogP contribution in [-0.2, 0) is 9.59 Å². The minimum absolute atomic E-state index is 0.0607. The minimum Gasteiger partial charge on any atom is -0.492 e. The number of hydrogen-bond acceptors (Lipinski definition) is 5. The fourth-order valence-electron chi connectivity index (χ4n) is 3.70. The van der Waals surface area contributed by atoms with Crippen molar-refractivity contribution in [2.24, 2.45) is 0 Å². The second-order valence-electron chi connectivity index (χ2n) is 7.63. The molecule has 0 aliphatic carbocycles. The average molecular weight is 473 g/mol. The van der Waals surface area contributed by atoms with Crippen LogP contribution in [0.4, 0.5) is 0 Å². The summed E-state index contributed by atoms with van der Waals surface area (Å²) in [7, 11) is 1.36. The van der Waals surface area contributed by atoms with Crippen LogP contribution in [0.15, 0.2) is 71.4 Å². The number of likely N-dealkylation sites (N-methyl/N-ethyl adjacent to an activating group) is 1. The van der Waals surface area contributed by atoms with Crippen molar-refractivity contribution in [1.29, 1.82) is 5.26 Å². The van der Waals surface area contributed by atoms with E-state index in [0.717, 1.165) is 16.2 Å². The van der Waals surface area contributed by atoms with Crippen molar-refractivity contribution in [2.45, 2.75) is 13.8 Å². The molecule has 2 aromatic carbocycles. The molecule has 4 rings (SSSR count). The molecule has 3 aromatic rings. The molecule has 0 saturated carbocycles. The van der Waals surface area contributed by atoms with E-state index in [9.17, 15) is 14.9 Å². The summed E-state index contributed by atoms with van der Waals surface area (Å²) < 4.78 is 7.25. The monoisotopic (exact) mass is 472 g/mol. The lowest BCUT2D eigenvalue weighted by Crippen LogP contribution is -2.39. The highest BCUT2D eigenvalue weighted by atomic mass is 35.5. The number of hydrogen-bond donors (Lipinski definition) is 0. The number of carbonyl (C=O) groups is 2. The number of benzene rings is 2. The minimum atomic E-state index is -0.611. The third-order valence-corrected chi connectivity index (χ3v) is 5.81. The molecule has 2 heterocycles. The van der Waals surface area contributed by atoms with Crippen LogP contribution in [0.2, 0.25) is 5.02 Å². The smallest absolute Gasteiger partial charge is 0.271 e. The predicted molar refractivity (Wildman–Crippen MR) is 129 cm³/mol. The Hall–Kier alpha value is -4.15. The van der Waals surface area contributed by atoms with Crippen molar-refractivity contribution in [3.8, 4) is 28.8 Å². The highest BCUT2D eigenvalue weighted by Gasteiger charge is 2.33. The number of imide groups is 1. The summed E-state index contributed by atoms with van der Waals surface area (Å²) in [6, 6.07) is 16.8. The predicted octanol–water partition coefficient (Wildman–Crippen LogP) is 4.81. The molecule has 7 nitrogen and oxygen atoms in total. The molecule has 0 spiro atoms. The summed E-state index contributed by atoms with van der Waals surface area (Å²) in [5.74, 6) is -0.527. The van der Waals surface area contributed by atoms with Crippen LogP contribution >= 0.6 is 11.6 Å². The van der Waals surface area contributed by atoms with Crippen LogP contribution in [0.5, 0.6) is 5.75 Å². The van der Waals surface area contributed by atoms with Crippen LogP contribution in [0.3, 0.4) is 0 Å². The maximum atomic E-state index is 12.9. The molecule has 0 saturated heterocycles. The molecule has 1 aliphatic heterocycles. The Balaban J connectivity index is 1.92. The molecule has 170 valence electrons. The molecule has 34 heavy (non-hydrogen) atoms. The van der Waals surface area contributed by atoms with Crippen LogP contribution in [0, 0.1) is 11.3 Å². The molecule has 0 fully saturated rings. The molecule has 1 aliphatic rings. The van der Waals surface area contributed by atoms with Gasteiger partial charge >= 0.3 is 0 Å². The normalized spacial score (nSPS) is 15.1. The van der Waals surface area contributed by atoms with Crippen molar-refractivity contribution in [2.75, 3.05) is 13.7 Å². The fraction of sp³-hybridized carbons (Fsp3) is 0.154. The SMILES string of the molecule is CCOc1ccc(-c2nn(-c3ccccc3)cc2/C=C2/C(=O)N(C)C(=O)C(C#N)=C2C)cc1Cl. The lowest BCUT2D eigenvalue weighted by atomic mass is 9.93. The third-order valence-electron chi connectivity index (χ3n) is 5.51. The number of halogens is 1. The largest absolute Gasteiger partial charge is 0.492 e. The quantitative estimate of drug-likeness (QED) is 0.392. The molecule has 1 aromatic heterocycles. The van der Waals surface area contributed by atoms with E-state index in [1.165, 1.54) is 7.05 Å². The number of aromatic nitrogens is 2. The lowest BCUT2D eigenvalue weighted by molar-refractivity contribution is -0.138. The lowest BCUT2D eigenvalue weighted by Gasteiger charge is -2.23. The van der Waals surface area contributed by atoms with E-state index in [-0.39, 0.29) is 11.1 Å². The Morgan fingerprint density at radius 2 is 1.88 bits per heavy atom. The first-order valence-corrected chi connectivity index (χ1v) is 11.0. The van der Waals surface area contributed by atoms with E-state index in [0.29, 0.717) is 34.2 Å². The Bertz CT molecular complexity index is 1400. The Kier molecular flexibility index (Phi) is 6.35. The van der Waals surface area contributed by atoms with Gasteiger partial charge in [-0.25, -0.2) is 4.68 Å². The first-order valence-electron chi connectivity index (χ1n) is 10.6. The van der Waals surface area contributed by atoms with Gasteiger partial charge in [0.25, 0.3) is 11.8 Å². The van der Waals surface area contributed by atoms with Gasteiger partial charge in [0, 0.05) is 29.9 Å². The van der Waals surface area contributed by atoms with E-state index in [2.05, 4.69) is 0 Å². The highest BCUT2D eigenvalue weighted by Crippen LogP contribution is 2.34. The van der Waals surface area contributed by atoms with Crippen LogP contribution in [0.25, 0.3) is 23.0 Å². The van der Waals surface area contributed by atoms with Crippen LogP contribution in [-0.4, -0.2) is 40.1 Å². The molecule has 2 amide bonds. The summed E-state index contributed by atoms with van der Waals surface area (Å²) in [4.78, 5) is 26.2. The maximum Gasteiger partial charge on any atom is 0.271 e. The van der Waals surface area contributed by atoms with E-state index in [1.54, 1.807) is 36.0 Å². The highest BCUT2D eigenvalue weighted by molar-refractivity contribution is 6.32. The second kappa shape index (κ2) is 9.38. The number of nitriles is 1. The molecule has 0 radical (unpaired) electrons. The topological polar surface area (TPSA) is 88.2 Å². The molecule has 0 bridgehead atoms. The van der Waals surface area contributed by atoms with Gasteiger partial charge in [-0.3, -0.25) is 14.5 Å². The van der Waals surface area contributed by atoms with Gasteiger partial charge in [0.05, 0.1) is 17.3 Å². The van der Waals surface area contributed by atoms with E-state index in [4.69, 9.17) is 21.4 Å². The van der Waals surface area contributed by atoms with Crippen molar-refractivity contribution in [1.82, 2.24) is 14.7 Å². The molecular weight excluding hydrogens is 452 g/mol. The van der Waals surface area contributed by atoms with E-state index >= 15 is 0 Å². The number of carbonyl (C=O) groups excluding carboxylic acids is 2. The zero-order valence-electron chi connectivity index (χ0n) is 18.9. The van der Waals surface area contributed by atoms with Crippen molar-refractivity contribution in [3.63, 3.8) is 0 Å². The summed E-state index contributed by atoms with van der Waals surface area (Å²) in [6.45, 7) is 3.97. The van der Waals surface area contributed by atoms with Gasteiger partial charge < -0.3 is 4.74 Å². The molecule has 0 N–H and O–H groups in total. The number of rotatable bonds is 5. The molecule has 8 heteroatoms. The van der Waals surface area contributed by atoms with E-state index < -0.39 is 11.8 Å². The first-order chi connectivity index (χ1) is 16.3. The zero-order chi connectivity index (χ0) is 24.4. The van der Waals surface area contributed by atoms with Gasteiger partial charge in [-0.2, -0.15) is 10.4 Å². The summed E-state index contributed by atoms with van der Waals surface area (Å²) in [5, 5.41) is 14.7. The van der Waals surface area contributed by atoms with Crippen molar-refractivity contribution in [3.05, 3.63) is 82.0 Å². The van der Waals surface area contributed by atoms with Crippen molar-refractivity contribution < 1.29 is 14.3 Å². The standard InChI is InChI=1S/C26H21ClN4O3/c1-4-34-23-11-10-17(13-22(23)27)24-18(15-31(29-24)19-8-6-5-7-9-19)12-20-16(2)21(14-28)26(33)30(3)25(20)32/h5-13,15H,4H2,1-3H3/b20-12+. The van der Waals surface area contributed by atoms with Crippen molar-refractivity contribution >= 4 is 29.5 Å². The van der Waals surface area contributed by atoms with Crippen LogP contribution < -0.4 is 4.74 Å². The molecule has 0 atom stereocenters. The first kappa shape index (κ1) is 23.0. The Morgan fingerprint density at radius 3 is 2.53 bits per heavy atom. The zero-order valence-corrected chi connectivity index (χ0v) is 19.6. The van der Waals surface area contributed by atoms with Gasteiger partial charge in [-0.15, -0.1) is 0 Å². The van der Waals surface area contributed by atoms with Gasteiger partial charge in [0.15, 0.2) is 0 Å². The van der Waals surface area contributed by atoms with Gasteiger partial charge in [0.2, 0.25) is 0 Å². The number of nitrogens with zero attached hydrogens (tertiary/aromatic N) is 4. The Morgan fingerprint density at radius 1 is 1.15 bits per heavy atom. The fourth-order valence-corrected chi connectivity index (χ4v) is 3.94. The number of ether oxygens (including phenoxy) is 1. The third kappa shape index (κ3) is 4.12. The van der Waals surface area contributed by atoms with Gasteiger partial charge in [0.1, 0.15) is 23.1 Å². The Labute approximate surface area is 202 Å². The van der Waals surface area contributed by atoms with E-state index in [1.807, 2.05) is 49.4 Å². The molecular formula is C26H21ClN4O3. The maximum absolute atomic E-state index is 12.9. The number of para-hydroxylation sites is 1. The number of amides is 2. The summed E-state index contributed by atoms with van der Waals surface area (Å²) in [5.41, 5.74) is 3.30. The van der Waals surface area contributed by atoms with Gasteiger partial charge in [-0.1, -0.05) is 29.8 Å². The molecule has 0 unspecified atom stereocenters. The average Bonchev–Trinajstić information content (AvgIpc) is 3.27. The summed E-state index contributed by atoms with van der Waals surface area (Å²) >= 11 is 6.43.